The van der Waals surface area contributed by atoms with E-state index >= 15 is 0 Å². The molecule has 0 unspecified atom stereocenters. The van der Waals surface area contributed by atoms with Gasteiger partial charge in [-0.05, 0) is 23.2 Å². The first-order valence-electron chi connectivity index (χ1n) is 5.61. The fourth-order valence-electron chi connectivity index (χ4n) is 1.96. The van der Waals surface area contributed by atoms with Gasteiger partial charge in [-0.25, -0.2) is 4.39 Å². The van der Waals surface area contributed by atoms with Gasteiger partial charge in [0.2, 0.25) is 0 Å². The zero-order valence-corrected chi connectivity index (χ0v) is 9.47. The summed E-state index contributed by atoms with van der Waals surface area (Å²) < 4.78 is 18.4. The number of rotatable bonds is 3. The predicted octanol–water partition coefficient (Wildman–Crippen LogP) is -0.662. The van der Waals surface area contributed by atoms with Gasteiger partial charge in [0.1, 0.15) is 5.82 Å². The molecule has 0 amide bonds. The lowest BCUT2D eigenvalue weighted by Gasteiger charge is -2.27. The van der Waals surface area contributed by atoms with Gasteiger partial charge in [-0.2, -0.15) is 0 Å². The van der Waals surface area contributed by atoms with Crippen LogP contribution in [0.3, 0.4) is 0 Å². The number of morpholine rings is 1. The molecule has 17 heavy (non-hydrogen) atoms. The molecule has 1 aromatic carbocycles. The van der Waals surface area contributed by atoms with Crippen LogP contribution in [0.5, 0.6) is 0 Å². The zero-order chi connectivity index (χ0) is 12.3. The van der Waals surface area contributed by atoms with E-state index in [0.717, 1.165) is 13.1 Å². The van der Waals surface area contributed by atoms with Gasteiger partial charge in [0.25, 0.3) is 0 Å². The molecule has 0 aromatic heterocycles. The van der Waals surface area contributed by atoms with Crippen molar-refractivity contribution in [2.24, 2.45) is 0 Å². The highest BCUT2D eigenvalue weighted by atomic mass is 19.1. The van der Waals surface area contributed by atoms with Crippen LogP contribution in [0.4, 0.5) is 4.39 Å². The summed E-state index contributed by atoms with van der Waals surface area (Å²) in [6.45, 7) is 3.38. The molecule has 1 heterocycles. The molecule has 0 radical (unpaired) electrons. The van der Waals surface area contributed by atoms with Gasteiger partial charge in [-0.3, -0.25) is 4.90 Å². The van der Waals surface area contributed by atoms with Crippen molar-refractivity contribution in [3.05, 3.63) is 29.6 Å². The molecule has 0 atom stereocenters. The summed E-state index contributed by atoms with van der Waals surface area (Å²) in [5.74, 6) is -0.363. The van der Waals surface area contributed by atoms with Crippen LogP contribution in [-0.2, 0) is 11.3 Å². The highest BCUT2D eigenvalue weighted by molar-refractivity contribution is 6.59. The van der Waals surface area contributed by atoms with Gasteiger partial charge >= 0.3 is 7.12 Å². The second-order valence-electron chi connectivity index (χ2n) is 4.11. The second-order valence-corrected chi connectivity index (χ2v) is 4.11. The Labute approximate surface area is 99.8 Å². The maximum Gasteiger partial charge on any atom is 0.488 e. The average molecular weight is 239 g/mol. The molecule has 1 aliphatic rings. The third kappa shape index (κ3) is 3.26. The average Bonchev–Trinajstić information content (AvgIpc) is 2.30. The second kappa shape index (κ2) is 5.60. The third-order valence-corrected chi connectivity index (χ3v) is 2.88. The minimum absolute atomic E-state index is 0.359. The van der Waals surface area contributed by atoms with Crippen molar-refractivity contribution >= 4 is 12.6 Å². The van der Waals surface area contributed by atoms with Crippen LogP contribution in [0.1, 0.15) is 5.56 Å². The maximum atomic E-state index is 13.2. The summed E-state index contributed by atoms with van der Waals surface area (Å²) >= 11 is 0. The fourth-order valence-corrected chi connectivity index (χ4v) is 1.96. The highest BCUT2D eigenvalue weighted by Crippen LogP contribution is 2.08. The number of ether oxygens (including phenoxy) is 1. The van der Waals surface area contributed by atoms with E-state index in [4.69, 9.17) is 4.74 Å². The first kappa shape index (κ1) is 12.5. The van der Waals surface area contributed by atoms with Crippen molar-refractivity contribution in [2.75, 3.05) is 26.3 Å². The lowest BCUT2D eigenvalue weighted by molar-refractivity contribution is 0.0342. The van der Waals surface area contributed by atoms with Crippen LogP contribution in [0, 0.1) is 5.82 Å². The van der Waals surface area contributed by atoms with Crippen LogP contribution in [0.25, 0.3) is 0 Å². The highest BCUT2D eigenvalue weighted by Gasteiger charge is 2.19. The summed E-state index contributed by atoms with van der Waals surface area (Å²) in [4.78, 5) is 2.10. The molecule has 2 rings (SSSR count). The van der Waals surface area contributed by atoms with Crippen LogP contribution in [-0.4, -0.2) is 48.4 Å². The van der Waals surface area contributed by atoms with Crippen molar-refractivity contribution in [3.8, 4) is 0 Å². The zero-order valence-electron chi connectivity index (χ0n) is 9.47. The molecule has 92 valence electrons. The number of hydrogen-bond donors (Lipinski definition) is 2. The fraction of sp³-hybridized carbons (Fsp3) is 0.455. The standard InChI is InChI=1S/C11H15BFNO3/c13-10-1-2-11(12(15)16)9(7-10)8-14-3-5-17-6-4-14/h1-2,7,15-16H,3-6,8H2. The van der Waals surface area contributed by atoms with Gasteiger partial charge in [0, 0.05) is 19.6 Å². The maximum absolute atomic E-state index is 13.2. The van der Waals surface area contributed by atoms with Crippen LogP contribution in [0.15, 0.2) is 18.2 Å². The Balaban J connectivity index is 2.14. The van der Waals surface area contributed by atoms with Crippen molar-refractivity contribution in [2.45, 2.75) is 6.54 Å². The van der Waals surface area contributed by atoms with Gasteiger partial charge in [0.15, 0.2) is 0 Å². The molecular formula is C11H15BFNO3. The quantitative estimate of drug-likeness (QED) is 0.687. The van der Waals surface area contributed by atoms with Crippen molar-refractivity contribution in [1.29, 1.82) is 0 Å². The Morgan fingerprint density at radius 3 is 2.65 bits per heavy atom. The molecule has 1 saturated heterocycles. The normalized spacial score (nSPS) is 17.1. The van der Waals surface area contributed by atoms with E-state index in [9.17, 15) is 14.4 Å². The Morgan fingerprint density at radius 1 is 1.29 bits per heavy atom. The van der Waals surface area contributed by atoms with Crippen molar-refractivity contribution < 1.29 is 19.2 Å². The number of benzene rings is 1. The molecular weight excluding hydrogens is 224 g/mol. The molecule has 0 spiro atoms. The number of halogens is 1. The van der Waals surface area contributed by atoms with E-state index < -0.39 is 7.12 Å². The molecule has 0 bridgehead atoms. The summed E-state index contributed by atoms with van der Waals surface area (Å²) in [5, 5.41) is 18.4. The first-order chi connectivity index (χ1) is 8.16. The number of hydrogen-bond acceptors (Lipinski definition) is 4. The summed E-state index contributed by atoms with van der Waals surface area (Å²) in [7, 11) is -1.56. The molecule has 1 aliphatic heterocycles. The van der Waals surface area contributed by atoms with E-state index in [1.807, 2.05) is 0 Å². The van der Waals surface area contributed by atoms with Crippen molar-refractivity contribution in [1.82, 2.24) is 4.90 Å². The minimum atomic E-state index is -1.56. The molecule has 1 fully saturated rings. The molecule has 2 N–H and O–H groups in total. The van der Waals surface area contributed by atoms with Gasteiger partial charge in [-0.1, -0.05) is 6.07 Å². The van der Waals surface area contributed by atoms with Gasteiger partial charge in [0.05, 0.1) is 13.2 Å². The monoisotopic (exact) mass is 239 g/mol. The minimum Gasteiger partial charge on any atom is -0.423 e. The molecule has 0 saturated carbocycles. The van der Waals surface area contributed by atoms with E-state index in [1.165, 1.54) is 18.2 Å². The smallest absolute Gasteiger partial charge is 0.423 e. The van der Waals surface area contributed by atoms with E-state index in [2.05, 4.69) is 4.90 Å². The Hall–Kier alpha value is -0.945. The molecule has 0 aliphatic carbocycles. The Morgan fingerprint density at radius 2 is 2.00 bits per heavy atom. The Kier molecular flexibility index (Phi) is 4.12. The lowest BCUT2D eigenvalue weighted by Crippen LogP contribution is -2.40. The topological polar surface area (TPSA) is 52.9 Å². The summed E-state index contributed by atoms with van der Waals surface area (Å²) in [6.07, 6.45) is 0. The number of nitrogens with zero attached hydrogens (tertiary/aromatic N) is 1. The Bertz CT molecular complexity index is 383. The van der Waals surface area contributed by atoms with Crippen LogP contribution in [0.2, 0.25) is 0 Å². The molecule has 1 aromatic rings. The van der Waals surface area contributed by atoms with Crippen LogP contribution < -0.4 is 5.46 Å². The molecule has 6 heteroatoms. The lowest BCUT2D eigenvalue weighted by atomic mass is 9.77. The van der Waals surface area contributed by atoms with E-state index in [-0.39, 0.29) is 5.82 Å². The predicted molar refractivity (Wildman–Crippen MR) is 62.3 cm³/mol. The van der Waals surface area contributed by atoms with Crippen LogP contribution >= 0.6 is 0 Å². The van der Waals surface area contributed by atoms with E-state index in [0.29, 0.717) is 30.8 Å². The van der Waals surface area contributed by atoms with Gasteiger partial charge < -0.3 is 14.8 Å². The summed E-state index contributed by atoms with van der Waals surface area (Å²) in [6, 6.07) is 4.00. The largest absolute Gasteiger partial charge is 0.488 e. The van der Waals surface area contributed by atoms with Crippen molar-refractivity contribution in [3.63, 3.8) is 0 Å². The SMILES string of the molecule is OB(O)c1ccc(F)cc1CN1CCOCC1. The summed E-state index contributed by atoms with van der Waals surface area (Å²) in [5.41, 5.74) is 0.972. The van der Waals surface area contributed by atoms with E-state index in [1.54, 1.807) is 0 Å². The first-order valence-corrected chi connectivity index (χ1v) is 5.61. The van der Waals surface area contributed by atoms with Gasteiger partial charge in [-0.15, -0.1) is 0 Å². The third-order valence-electron chi connectivity index (χ3n) is 2.88. The molecule has 4 nitrogen and oxygen atoms in total.